The smallest absolute Gasteiger partial charge is 0.232 e. The van der Waals surface area contributed by atoms with Gasteiger partial charge in [-0.1, -0.05) is 60.8 Å². The van der Waals surface area contributed by atoms with Gasteiger partial charge in [-0.25, -0.2) is 0 Å². The Hall–Kier alpha value is -2.90. The highest BCUT2D eigenvalue weighted by Crippen LogP contribution is 2.41. The number of benzene rings is 2. The molecule has 1 aromatic heterocycles. The van der Waals surface area contributed by atoms with Crippen molar-refractivity contribution in [3.8, 4) is 0 Å². The van der Waals surface area contributed by atoms with Crippen LogP contribution in [-0.4, -0.2) is 34.7 Å². The van der Waals surface area contributed by atoms with E-state index in [1.165, 1.54) is 48.8 Å². The Morgan fingerprint density at radius 3 is 2.13 bits per heavy atom. The van der Waals surface area contributed by atoms with Crippen LogP contribution in [0.1, 0.15) is 61.6 Å². The van der Waals surface area contributed by atoms with Crippen LogP contribution < -0.4 is 20.4 Å². The van der Waals surface area contributed by atoms with Gasteiger partial charge in [0.25, 0.3) is 0 Å². The summed E-state index contributed by atoms with van der Waals surface area (Å²) in [5.74, 6) is 2.48. The molecule has 3 aromatic rings. The van der Waals surface area contributed by atoms with Gasteiger partial charge in [-0.2, -0.15) is 9.97 Å². The molecule has 0 atom stereocenters. The second-order valence-corrected chi connectivity index (χ2v) is 11.7. The number of hydrogen-bond acceptors (Lipinski definition) is 5. The first kappa shape index (κ1) is 25.4. The Labute approximate surface area is 235 Å². The monoisotopic (exact) mass is 546 g/mol. The number of rotatable bonds is 6. The summed E-state index contributed by atoms with van der Waals surface area (Å²) in [5.41, 5.74) is 4.12. The van der Waals surface area contributed by atoms with E-state index in [0.717, 1.165) is 62.2 Å². The molecule has 8 heteroatoms. The lowest BCUT2D eigenvalue weighted by molar-refractivity contribution is 0.435. The molecular formula is C30H35ClN6S. The number of anilines is 3. The zero-order valence-electron chi connectivity index (χ0n) is 21.8. The average Bonchev–Trinajstić information content (AvgIpc) is 3.61. The predicted molar refractivity (Wildman–Crippen MR) is 160 cm³/mol. The average molecular weight is 547 g/mol. The molecule has 6 nitrogen and oxygen atoms in total. The predicted octanol–water partition coefficient (Wildman–Crippen LogP) is 6.44. The number of nitrogens with zero attached hydrogens (tertiary/aromatic N) is 4. The second kappa shape index (κ2) is 11.1. The number of aromatic nitrogens is 2. The topological polar surface area (TPSA) is 56.3 Å². The number of hydrogen-bond donors (Lipinski definition) is 2. The van der Waals surface area contributed by atoms with Gasteiger partial charge in [-0.05, 0) is 73.1 Å². The molecule has 198 valence electrons. The number of halogens is 1. The second-order valence-electron chi connectivity index (χ2n) is 10.9. The Morgan fingerprint density at radius 1 is 0.842 bits per heavy atom. The minimum atomic E-state index is 0.0688. The van der Waals surface area contributed by atoms with E-state index in [-0.39, 0.29) is 5.41 Å². The maximum Gasteiger partial charge on any atom is 0.232 e. The van der Waals surface area contributed by atoms with Gasteiger partial charge in [0, 0.05) is 49.2 Å². The van der Waals surface area contributed by atoms with Crippen molar-refractivity contribution in [3.63, 3.8) is 0 Å². The van der Waals surface area contributed by atoms with Gasteiger partial charge < -0.3 is 20.4 Å². The Bertz CT molecular complexity index is 1260. The third-order valence-electron chi connectivity index (χ3n) is 8.37. The summed E-state index contributed by atoms with van der Waals surface area (Å²) in [6.07, 6.45) is 8.42. The summed E-state index contributed by atoms with van der Waals surface area (Å²) >= 11 is 11.9. The molecule has 0 amide bonds. The van der Waals surface area contributed by atoms with Crippen molar-refractivity contribution in [2.75, 3.05) is 34.8 Å². The summed E-state index contributed by atoms with van der Waals surface area (Å²) in [6, 6.07) is 19.1. The van der Waals surface area contributed by atoms with Gasteiger partial charge >= 0.3 is 0 Å². The van der Waals surface area contributed by atoms with Gasteiger partial charge in [0.15, 0.2) is 5.11 Å². The summed E-state index contributed by atoms with van der Waals surface area (Å²) in [5, 5.41) is 8.18. The van der Waals surface area contributed by atoms with Gasteiger partial charge in [0.2, 0.25) is 5.95 Å². The van der Waals surface area contributed by atoms with E-state index >= 15 is 0 Å². The Balaban J connectivity index is 1.20. The van der Waals surface area contributed by atoms with Crippen LogP contribution >= 0.6 is 23.8 Å². The van der Waals surface area contributed by atoms with Crippen LogP contribution in [0.15, 0.2) is 54.6 Å². The van der Waals surface area contributed by atoms with E-state index in [2.05, 4.69) is 62.9 Å². The third-order valence-corrected chi connectivity index (χ3v) is 8.87. The van der Waals surface area contributed by atoms with Crippen LogP contribution in [0.25, 0.3) is 0 Å². The number of nitrogens with one attached hydrogen (secondary N) is 2. The maximum atomic E-state index is 6.17. The quantitative estimate of drug-likeness (QED) is 0.345. The molecule has 2 aliphatic heterocycles. The van der Waals surface area contributed by atoms with E-state index in [1.54, 1.807) is 0 Å². The molecule has 1 saturated carbocycles. The molecule has 1 aliphatic carbocycles. The van der Waals surface area contributed by atoms with Crippen molar-refractivity contribution in [1.29, 1.82) is 0 Å². The lowest BCUT2D eigenvalue weighted by atomic mass is 9.79. The lowest BCUT2D eigenvalue weighted by Gasteiger charge is -2.31. The van der Waals surface area contributed by atoms with Gasteiger partial charge in [-0.3, -0.25) is 0 Å². The minimum absolute atomic E-state index is 0.0688. The van der Waals surface area contributed by atoms with Crippen LogP contribution in [0, 0.1) is 0 Å². The Morgan fingerprint density at radius 2 is 1.47 bits per heavy atom. The zero-order valence-corrected chi connectivity index (χ0v) is 23.3. The molecule has 3 aliphatic rings. The van der Waals surface area contributed by atoms with E-state index in [0.29, 0.717) is 11.1 Å². The zero-order chi connectivity index (χ0) is 26.0. The van der Waals surface area contributed by atoms with E-state index in [9.17, 15) is 0 Å². The maximum absolute atomic E-state index is 6.17. The van der Waals surface area contributed by atoms with E-state index in [1.807, 2.05) is 12.1 Å². The Kier molecular flexibility index (Phi) is 7.39. The fourth-order valence-corrected chi connectivity index (χ4v) is 6.53. The van der Waals surface area contributed by atoms with Crippen LogP contribution in [0.3, 0.4) is 0 Å². The van der Waals surface area contributed by atoms with Crippen molar-refractivity contribution >= 4 is 46.5 Å². The third kappa shape index (κ3) is 5.45. The largest absolute Gasteiger partial charge is 0.361 e. The lowest BCUT2D eigenvalue weighted by Crippen LogP contribution is -2.41. The molecule has 2 N–H and O–H groups in total. The molecular weight excluding hydrogens is 512 g/mol. The van der Waals surface area contributed by atoms with Crippen LogP contribution in [-0.2, 0) is 18.5 Å². The SMILES string of the molecule is S=C(NCC1(c2ccc(Cl)cc2)CCCC1)Nc1nc(N2CCCCC2)cc(N2Cc3ccccc3C2)n1. The highest BCUT2D eigenvalue weighted by molar-refractivity contribution is 7.80. The van der Waals surface area contributed by atoms with Crippen molar-refractivity contribution in [1.82, 2.24) is 15.3 Å². The number of piperidine rings is 1. The molecule has 0 bridgehead atoms. The fourth-order valence-electron chi connectivity index (χ4n) is 6.24. The van der Waals surface area contributed by atoms with Crippen molar-refractivity contribution in [2.45, 2.75) is 63.5 Å². The number of thiocarbonyl (C=S) groups is 1. The molecule has 3 heterocycles. The van der Waals surface area contributed by atoms with Crippen LogP contribution in [0.2, 0.25) is 5.02 Å². The van der Waals surface area contributed by atoms with Crippen molar-refractivity contribution in [3.05, 3.63) is 76.3 Å². The normalized spacial score (nSPS) is 18.3. The molecule has 0 radical (unpaired) electrons. The van der Waals surface area contributed by atoms with Gasteiger partial charge in [0.1, 0.15) is 11.6 Å². The molecule has 6 rings (SSSR count). The first-order valence-corrected chi connectivity index (χ1v) is 14.6. The highest BCUT2D eigenvalue weighted by Gasteiger charge is 2.35. The molecule has 2 aromatic carbocycles. The van der Waals surface area contributed by atoms with Gasteiger partial charge in [-0.15, -0.1) is 0 Å². The standard InChI is InChI=1S/C30H35ClN6S/c31-25-12-10-24(11-13-25)30(14-4-5-15-30)21-32-29(38)35-28-33-26(36-16-6-1-7-17-36)18-27(34-28)37-19-22-8-2-3-9-23(22)20-37/h2-3,8-13,18H,1,4-7,14-17,19-21H2,(H2,32,33,34,35,38). The molecule has 2 fully saturated rings. The van der Waals surface area contributed by atoms with E-state index < -0.39 is 0 Å². The van der Waals surface area contributed by atoms with Crippen LogP contribution in [0.4, 0.5) is 17.6 Å². The first-order valence-electron chi connectivity index (χ1n) is 13.8. The van der Waals surface area contributed by atoms with Crippen molar-refractivity contribution < 1.29 is 0 Å². The summed E-state index contributed by atoms with van der Waals surface area (Å²) in [6.45, 7) is 4.56. The molecule has 38 heavy (non-hydrogen) atoms. The highest BCUT2D eigenvalue weighted by atomic mass is 35.5. The number of fused-ring (bicyclic) bond motifs is 1. The summed E-state index contributed by atoms with van der Waals surface area (Å²) in [4.78, 5) is 14.6. The van der Waals surface area contributed by atoms with Crippen molar-refractivity contribution in [2.24, 2.45) is 0 Å². The molecule has 0 spiro atoms. The fraction of sp³-hybridized carbons (Fsp3) is 0.433. The molecule has 0 unspecified atom stereocenters. The molecule has 1 saturated heterocycles. The first-order chi connectivity index (χ1) is 18.6. The summed E-state index contributed by atoms with van der Waals surface area (Å²) in [7, 11) is 0. The van der Waals surface area contributed by atoms with Gasteiger partial charge in [0.05, 0.1) is 0 Å². The minimum Gasteiger partial charge on any atom is -0.361 e. The summed E-state index contributed by atoms with van der Waals surface area (Å²) < 4.78 is 0. The van der Waals surface area contributed by atoms with E-state index in [4.69, 9.17) is 33.8 Å². The van der Waals surface area contributed by atoms with Crippen LogP contribution in [0.5, 0.6) is 0 Å².